The van der Waals surface area contributed by atoms with E-state index in [0.29, 0.717) is 19.8 Å². The Hall–Kier alpha value is -0.950. The van der Waals surface area contributed by atoms with Crippen LogP contribution in [0.3, 0.4) is 0 Å². The van der Waals surface area contributed by atoms with Gasteiger partial charge in [0.1, 0.15) is 5.75 Å². The highest BCUT2D eigenvalue weighted by Gasteiger charge is 2.31. The van der Waals surface area contributed by atoms with Crippen LogP contribution in [0, 0.1) is 0 Å². The van der Waals surface area contributed by atoms with Crippen LogP contribution >= 0.6 is 34.5 Å². The zero-order chi connectivity index (χ0) is 15.6. The molecule has 0 aliphatic rings. The minimum absolute atomic E-state index is 0.280. The van der Waals surface area contributed by atoms with E-state index in [1.165, 1.54) is 29.5 Å². The SMILES string of the molecule is CNC(c1cccc(OC(F)(F)F)c1)c1cc(Cl)sc1Cl. The molecule has 0 fully saturated rings. The number of rotatable bonds is 4. The van der Waals surface area contributed by atoms with Crippen molar-refractivity contribution in [2.75, 3.05) is 7.05 Å². The molecule has 2 rings (SSSR count). The highest BCUT2D eigenvalue weighted by atomic mass is 35.5. The zero-order valence-electron chi connectivity index (χ0n) is 10.7. The van der Waals surface area contributed by atoms with Crippen molar-refractivity contribution in [1.82, 2.24) is 5.32 Å². The van der Waals surface area contributed by atoms with Crippen LogP contribution in [0.15, 0.2) is 30.3 Å². The average molecular weight is 356 g/mol. The summed E-state index contributed by atoms with van der Waals surface area (Å²) in [6.07, 6.45) is -4.73. The fourth-order valence-corrected chi connectivity index (χ4v) is 3.47. The highest BCUT2D eigenvalue weighted by Crippen LogP contribution is 2.38. The van der Waals surface area contributed by atoms with Crippen LogP contribution in [0.4, 0.5) is 13.2 Å². The minimum Gasteiger partial charge on any atom is -0.406 e. The van der Waals surface area contributed by atoms with Gasteiger partial charge in [-0.05, 0) is 30.8 Å². The molecule has 0 saturated heterocycles. The molecule has 2 aromatic rings. The number of hydrogen-bond acceptors (Lipinski definition) is 3. The smallest absolute Gasteiger partial charge is 0.406 e. The summed E-state index contributed by atoms with van der Waals surface area (Å²) in [5.41, 5.74) is 1.30. The summed E-state index contributed by atoms with van der Waals surface area (Å²) in [5.74, 6) is -0.280. The van der Waals surface area contributed by atoms with Crippen molar-refractivity contribution in [2.24, 2.45) is 0 Å². The lowest BCUT2D eigenvalue weighted by Crippen LogP contribution is -2.19. The molecule has 114 valence electrons. The Balaban J connectivity index is 2.35. The lowest BCUT2D eigenvalue weighted by Gasteiger charge is -2.17. The minimum atomic E-state index is -4.73. The van der Waals surface area contributed by atoms with Gasteiger partial charge in [-0.25, -0.2) is 0 Å². The second-order valence-corrected chi connectivity index (χ2v) is 6.41. The quantitative estimate of drug-likeness (QED) is 0.807. The maximum absolute atomic E-state index is 12.3. The number of nitrogens with one attached hydrogen (secondary N) is 1. The van der Waals surface area contributed by atoms with Gasteiger partial charge in [0, 0.05) is 5.56 Å². The second kappa shape index (κ2) is 6.44. The molecule has 2 nitrogen and oxygen atoms in total. The van der Waals surface area contributed by atoms with Crippen molar-refractivity contribution in [3.05, 3.63) is 50.1 Å². The van der Waals surface area contributed by atoms with Gasteiger partial charge < -0.3 is 10.1 Å². The van der Waals surface area contributed by atoms with Gasteiger partial charge in [0.2, 0.25) is 0 Å². The molecular formula is C13H10Cl2F3NOS. The van der Waals surface area contributed by atoms with E-state index < -0.39 is 6.36 Å². The molecule has 1 heterocycles. The van der Waals surface area contributed by atoms with E-state index >= 15 is 0 Å². The predicted octanol–water partition coefficient (Wildman–Crippen LogP) is 5.26. The number of halogens is 5. The van der Waals surface area contributed by atoms with Crippen molar-refractivity contribution in [3.63, 3.8) is 0 Å². The number of hydrogen-bond donors (Lipinski definition) is 1. The first-order valence-corrected chi connectivity index (χ1v) is 7.35. The van der Waals surface area contributed by atoms with E-state index in [1.807, 2.05) is 0 Å². The fraction of sp³-hybridized carbons (Fsp3) is 0.231. The molecule has 0 aliphatic heterocycles. The first-order valence-electron chi connectivity index (χ1n) is 5.78. The van der Waals surface area contributed by atoms with Crippen LogP contribution < -0.4 is 10.1 Å². The molecule has 0 bridgehead atoms. The van der Waals surface area contributed by atoms with E-state index in [-0.39, 0.29) is 11.8 Å². The van der Waals surface area contributed by atoms with E-state index in [9.17, 15) is 13.2 Å². The number of thiophene rings is 1. The van der Waals surface area contributed by atoms with Crippen LogP contribution in [0.5, 0.6) is 5.75 Å². The van der Waals surface area contributed by atoms with E-state index in [4.69, 9.17) is 23.2 Å². The van der Waals surface area contributed by atoms with Gasteiger partial charge in [-0.3, -0.25) is 0 Å². The molecule has 1 atom stereocenters. The van der Waals surface area contributed by atoms with Gasteiger partial charge in [-0.1, -0.05) is 35.3 Å². The fourth-order valence-electron chi connectivity index (χ4n) is 1.94. The number of alkyl halides is 3. The highest BCUT2D eigenvalue weighted by molar-refractivity contribution is 7.20. The van der Waals surface area contributed by atoms with Crippen LogP contribution in [0.2, 0.25) is 8.67 Å². The van der Waals surface area contributed by atoms with E-state index in [1.54, 1.807) is 19.2 Å². The third kappa shape index (κ3) is 4.26. The summed E-state index contributed by atoms with van der Waals surface area (Å²) < 4.78 is 41.7. The second-order valence-electron chi connectivity index (χ2n) is 4.12. The van der Waals surface area contributed by atoms with Crippen molar-refractivity contribution in [3.8, 4) is 5.75 Å². The summed E-state index contributed by atoms with van der Waals surface area (Å²) in [6.45, 7) is 0. The molecule has 0 radical (unpaired) electrons. The molecular weight excluding hydrogens is 346 g/mol. The van der Waals surface area contributed by atoms with Gasteiger partial charge in [0.25, 0.3) is 0 Å². The van der Waals surface area contributed by atoms with Gasteiger partial charge in [-0.2, -0.15) is 0 Å². The van der Waals surface area contributed by atoms with Crippen LogP contribution in [-0.2, 0) is 0 Å². The zero-order valence-corrected chi connectivity index (χ0v) is 13.0. The largest absolute Gasteiger partial charge is 0.573 e. The molecule has 1 N–H and O–H groups in total. The summed E-state index contributed by atoms with van der Waals surface area (Å²) in [5, 5.41) is 3.01. The molecule has 1 unspecified atom stereocenters. The summed E-state index contributed by atoms with van der Waals surface area (Å²) >= 11 is 13.2. The Bertz CT molecular complexity index is 630. The maximum Gasteiger partial charge on any atom is 0.573 e. The predicted molar refractivity (Wildman–Crippen MR) is 78.4 cm³/mol. The third-order valence-corrected chi connectivity index (χ3v) is 4.23. The third-order valence-electron chi connectivity index (χ3n) is 2.71. The standard InChI is InChI=1S/C13H10Cl2F3NOS/c1-19-11(9-6-10(14)21-12(9)15)7-3-2-4-8(5-7)20-13(16,17)18/h2-6,11,19H,1H3. The number of benzene rings is 1. The van der Waals surface area contributed by atoms with Crippen LogP contribution in [-0.4, -0.2) is 13.4 Å². The Morgan fingerprint density at radius 3 is 2.48 bits per heavy atom. The first-order chi connectivity index (χ1) is 9.80. The lowest BCUT2D eigenvalue weighted by molar-refractivity contribution is -0.274. The molecule has 0 amide bonds. The Morgan fingerprint density at radius 1 is 1.24 bits per heavy atom. The molecule has 0 saturated carbocycles. The Labute approximate surface area is 133 Å². The van der Waals surface area contributed by atoms with Crippen molar-refractivity contribution < 1.29 is 17.9 Å². The summed E-state index contributed by atoms with van der Waals surface area (Å²) in [6, 6.07) is 7.04. The number of ether oxygens (including phenoxy) is 1. The van der Waals surface area contributed by atoms with Crippen molar-refractivity contribution >= 4 is 34.5 Å². The normalized spacial score (nSPS) is 13.2. The van der Waals surface area contributed by atoms with Gasteiger partial charge >= 0.3 is 6.36 Å². The molecule has 8 heteroatoms. The summed E-state index contributed by atoms with van der Waals surface area (Å²) in [4.78, 5) is 0. The molecule has 1 aromatic heterocycles. The van der Waals surface area contributed by atoms with Gasteiger partial charge in [-0.15, -0.1) is 24.5 Å². The Morgan fingerprint density at radius 2 is 1.95 bits per heavy atom. The maximum atomic E-state index is 12.3. The lowest BCUT2D eigenvalue weighted by atomic mass is 10.0. The molecule has 0 spiro atoms. The van der Waals surface area contributed by atoms with Crippen LogP contribution in [0.25, 0.3) is 0 Å². The van der Waals surface area contributed by atoms with E-state index in [2.05, 4.69) is 10.1 Å². The average Bonchev–Trinajstić information content (AvgIpc) is 2.68. The van der Waals surface area contributed by atoms with Crippen LogP contribution in [0.1, 0.15) is 17.2 Å². The molecule has 0 aliphatic carbocycles. The van der Waals surface area contributed by atoms with E-state index in [0.717, 1.165) is 0 Å². The van der Waals surface area contributed by atoms with Crippen molar-refractivity contribution in [1.29, 1.82) is 0 Å². The topological polar surface area (TPSA) is 21.3 Å². The Kier molecular flexibility index (Phi) is 5.03. The first kappa shape index (κ1) is 16.4. The molecule has 1 aromatic carbocycles. The van der Waals surface area contributed by atoms with Crippen molar-refractivity contribution in [2.45, 2.75) is 12.4 Å². The monoisotopic (exact) mass is 355 g/mol. The van der Waals surface area contributed by atoms with Gasteiger partial charge in [0.15, 0.2) is 0 Å². The summed E-state index contributed by atoms with van der Waals surface area (Å²) in [7, 11) is 1.68. The molecule has 21 heavy (non-hydrogen) atoms. The van der Waals surface area contributed by atoms with Gasteiger partial charge in [0.05, 0.1) is 14.7 Å².